The normalized spacial score (nSPS) is 11.2. The minimum atomic E-state index is 0.740. The molecule has 0 radical (unpaired) electrons. The Morgan fingerprint density at radius 2 is 2.17 bits per heavy atom. The van der Waals surface area contributed by atoms with Crippen LogP contribution >= 0.6 is 11.3 Å². The molecule has 1 aromatic carbocycles. The Kier molecular flexibility index (Phi) is 3.15. The van der Waals surface area contributed by atoms with Gasteiger partial charge < -0.3 is 4.42 Å². The van der Waals surface area contributed by atoms with E-state index in [0.29, 0.717) is 0 Å². The molecule has 18 heavy (non-hydrogen) atoms. The number of hydrogen-bond donors (Lipinski definition) is 0. The fraction of sp³-hybridized carbons (Fsp3) is 0.267. The van der Waals surface area contributed by atoms with Crippen LogP contribution in [0, 0.1) is 0 Å². The second-order valence-corrected chi connectivity index (χ2v) is 5.31. The Morgan fingerprint density at radius 3 is 2.94 bits per heavy atom. The number of aryl methyl sites for hydroxylation is 1. The third-order valence-electron chi connectivity index (χ3n) is 3.03. The van der Waals surface area contributed by atoms with Crippen molar-refractivity contribution in [2.45, 2.75) is 26.2 Å². The van der Waals surface area contributed by atoms with Crippen LogP contribution in [0.25, 0.3) is 21.9 Å². The molecule has 2 aromatic heterocycles. The Hall–Kier alpha value is -1.61. The van der Waals surface area contributed by atoms with Crippen LogP contribution in [0.1, 0.15) is 25.3 Å². The van der Waals surface area contributed by atoms with Gasteiger partial charge in [-0.25, -0.2) is 4.98 Å². The molecule has 0 amide bonds. The zero-order valence-corrected chi connectivity index (χ0v) is 11.2. The van der Waals surface area contributed by atoms with Crippen molar-refractivity contribution in [3.8, 4) is 10.8 Å². The van der Waals surface area contributed by atoms with Crippen LogP contribution in [0.15, 0.2) is 40.1 Å². The summed E-state index contributed by atoms with van der Waals surface area (Å²) in [6, 6.07) is 10.3. The monoisotopic (exact) mass is 257 g/mol. The first-order chi connectivity index (χ1) is 8.88. The van der Waals surface area contributed by atoms with Crippen LogP contribution in [0.4, 0.5) is 0 Å². The molecule has 0 unspecified atom stereocenters. The number of para-hydroxylation sites is 1. The molecule has 0 atom stereocenters. The highest BCUT2D eigenvalue weighted by Gasteiger charge is 2.11. The predicted octanol–water partition coefficient (Wildman–Crippen LogP) is 4.90. The van der Waals surface area contributed by atoms with E-state index in [2.05, 4.69) is 24.0 Å². The minimum absolute atomic E-state index is 0.740. The van der Waals surface area contributed by atoms with Crippen LogP contribution in [0.3, 0.4) is 0 Å². The van der Waals surface area contributed by atoms with E-state index in [1.54, 1.807) is 11.3 Å². The molecule has 0 aliphatic heterocycles. The molecule has 2 nitrogen and oxygen atoms in total. The summed E-state index contributed by atoms with van der Waals surface area (Å²) >= 11 is 1.66. The third-order valence-corrected chi connectivity index (χ3v) is 3.89. The highest BCUT2D eigenvalue weighted by Crippen LogP contribution is 2.29. The summed E-state index contributed by atoms with van der Waals surface area (Å²) in [4.78, 5) is 5.74. The number of benzene rings is 1. The van der Waals surface area contributed by atoms with Gasteiger partial charge in [0.15, 0.2) is 5.58 Å². The van der Waals surface area contributed by atoms with Crippen molar-refractivity contribution < 1.29 is 4.42 Å². The summed E-state index contributed by atoms with van der Waals surface area (Å²) in [5.41, 5.74) is 3.21. The van der Waals surface area contributed by atoms with Crippen molar-refractivity contribution in [2.75, 3.05) is 0 Å². The molecule has 0 aliphatic rings. The van der Waals surface area contributed by atoms with E-state index < -0.39 is 0 Å². The van der Waals surface area contributed by atoms with E-state index in [9.17, 15) is 0 Å². The van der Waals surface area contributed by atoms with Gasteiger partial charge in [-0.3, -0.25) is 0 Å². The predicted molar refractivity (Wildman–Crippen MR) is 75.9 cm³/mol. The molecule has 3 aromatic rings. The van der Waals surface area contributed by atoms with Crippen molar-refractivity contribution in [2.24, 2.45) is 0 Å². The molecule has 92 valence electrons. The number of thiophene rings is 1. The molecule has 2 heterocycles. The Morgan fingerprint density at radius 1 is 1.22 bits per heavy atom. The van der Waals surface area contributed by atoms with E-state index in [-0.39, 0.29) is 0 Å². The highest BCUT2D eigenvalue weighted by molar-refractivity contribution is 7.13. The SMILES string of the molecule is CCCCc1cccc2oc(-c3cccs3)nc12. The van der Waals surface area contributed by atoms with Gasteiger partial charge in [0.2, 0.25) is 5.89 Å². The van der Waals surface area contributed by atoms with Gasteiger partial charge in [0.05, 0.1) is 4.88 Å². The fourth-order valence-corrected chi connectivity index (χ4v) is 2.73. The zero-order chi connectivity index (χ0) is 12.4. The maximum atomic E-state index is 5.83. The lowest BCUT2D eigenvalue weighted by Crippen LogP contribution is -1.86. The lowest BCUT2D eigenvalue weighted by molar-refractivity contribution is 0.621. The summed E-state index contributed by atoms with van der Waals surface area (Å²) in [6.07, 6.45) is 3.47. The average molecular weight is 257 g/mol. The molecule has 0 saturated carbocycles. The highest BCUT2D eigenvalue weighted by atomic mass is 32.1. The Balaban J connectivity index is 2.06. The molecule has 0 N–H and O–H groups in total. The Labute approximate surface area is 110 Å². The number of aromatic nitrogens is 1. The number of nitrogens with zero attached hydrogens (tertiary/aromatic N) is 1. The van der Waals surface area contributed by atoms with Crippen molar-refractivity contribution in [1.29, 1.82) is 0 Å². The zero-order valence-electron chi connectivity index (χ0n) is 10.3. The molecular formula is C15H15NOS. The molecule has 0 fully saturated rings. The fourth-order valence-electron chi connectivity index (χ4n) is 2.08. The van der Waals surface area contributed by atoms with E-state index in [1.807, 2.05) is 23.6 Å². The molecule has 3 heteroatoms. The van der Waals surface area contributed by atoms with Crippen LogP contribution in [0.5, 0.6) is 0 Å². The number of rotatable bonds is 4. The van der Waals surface area contributed by atoms with Gasteiger partial charge in [0, 0.05) is 0 Å². The smallest absolute Gasteiger partial charge is 0.237 e. The number of fused-ring (bicyclic) bond motifs is 1. The van der Waals surface area contributed by atoms with Crippen LogP contribution in [0.2, 0.25) is 0 Å². The van der Waals surface area contributed by atoms with Crippen molar-refractivity contribution in [3.63, 3.8) is 0 Å². The molecule has 0 saturated heterocycles. The minimum Gasteiger partial charge on any atom is -0.435 e. The van der Waals surface area contributed by atoms with E-state index in [1.165, 1.54) is 18.4 Å². The lowest BCUT2D eigenvalue weighted by Gasteiger charge is -1.98. The maximum absolute atomic E-state index is 5.83. The second-order valence-electron chi connectivity index (χ2n) is 4.36. The van der Waals surface area contributed by atoms with Gasteiger partial charge in [0.25, 0.3) is 0 Å². The topological polar surface area (TPSA) is 26.0 Å². The quantitative estimate of drug-likeness (QED) is 0.664. The van der Waals surface area contributed by atoms with E-state index in [0.717, 1.165) is 28.3 Å². The third kappa shape index (κ3) is 2.06. The summed E-state index contributed by atoms with van der Waals surface area (Å²) in [6.45, 7) is 2.21. The average Bonchev–Trinajstić information content (AvgIpc) is 3.03. The first-order valence-corrected chi connectivity index (χ1v) is 7.18. The van der Waals surface area contributed by atoms with Crippen molar-refractivity contribution in [3.05, 3.63) is 41.3 Å². The summed E-state index contributed by atoms with van der Waals surface area (Å²) in [5, 5.41) is 2.04. The summed E-state index contributed by atoms with van der Waals surface area (Å²) in [5.74, 6) is 0.740. The molecule has 0 aliphatic carbocycles. The van der Waals surface area contributed by atoms with Gasteiger partial charge in [-0.15, -0.1) is 11.3 Å². The number of hydrogen-bond acceptors (Lipinski definition) is 3. The summed E-state index contributed by atoms with van der Waals surface area (Å²) in [7, 11) is 0. The number of oxazole rings is 1. The molecular weight excluding hydrogens is 242 g/mol. The second kappa shape index (κ2) is 4.94. The lowest BCUT2D eigenvalue weighted by atomic mass is 10.1. The Bertz CT molecular complexity index is 640. The van der Waals surface area contributed by atoms with Gasteiger partial charge >= 0.3 is 0 Å². The van der Waals surface area contributed by atoms with Crippen LogP contribution < -0.4 is 0 Å². The maximum Gasteiger partial charge on any atom is 0.237 e. The first kappa shape index (κ1) is 11.5. The van der Waals surface area contributed by atoms with Gasteiger partial charge in [-0.05, 0) is 35.9 Å². The molecule has 3 rings (SSSR count). The first-order valence-electron chi connectivity index (χ1n) is 6.31. The van der Waals surface area contributed by atoms with Crippen LogP contribution in [-0.2, 0) is 6.42 Å². The molecule has 0 spiro atoms. The van der Waals surface area contributed by atoms with E-state index >= 15 is 0 Å². The number of unbranched alkanes of at least 4 members (excludes halogenated alkanes) is 1. The van der Waals surface area contributed by atoms with Gasteiger partial charge in [-0.2, -0.15) is 0 Å². The largest absolute Gasteiger partial charge is 0.435 e. The van der Waals surface area contributed by atoms with Crippen molar-refractivity contribution in [1.82, 2.24) is 4.98 Å². The van der Waals surface area contributed by atoms with Crippen LogP contribution in [-0.4, -0.2) is 4.98 Å². The molecule has 0 bridgehead atoms. The van der Waals surface area contributed by atoms with Gasteiger partial charge in [-0.1, -0.05) is 31.5 Å². The summed E-state index contributed by atoms with van der Waals surface area (Å²) < 4.78 is 5.83. The van der Waals surface area contributed by atoms with E-state index in [4.69, 9.17) is 4.42 Å². The van der Waals surface area contributed by atoms with Crippen molar-refractivity contribution >= 4 is 22.4 Å². The standard InChI is InChI=1S/C15H15NOS/c1-2-3-6-11-7-4-8-12-14(11)16-15(17-12)13-9-5-10-18-13/h4-5,7-10H,2-3,6H2,1H3. The van der Waals surface area contributed by atoms with Gasteiger partial charge in [0.1, 0.15) is 5.52 Å².